The van der Waals surface area contributed by atoms with E-state index in [0.29, 0.717) is 0 Å². The van der Waals surface area contributed by atoms with Crippen molar-refractivity contribution in [2.75, 3.05) is 0 Å². The van der Waals surface area contributed by atoms with Gasteiger partial charge in [-0.3, -0.25) is 0 Å². The van der Waals surface area contributed by atoms with E-state index in [1.165, 1.54) is 0 Å². The van der Waals surface area contributed by atoms with Crippen LogP contribution in [0, 0.1) is 0 Å². The van der Waals surface area contributed by atoms with Gasteiger partial charge in [0.1, 0.15) is 0 Å². The maximum atomic E-state index is 3.63. The van der Waals surface area contributed by atoms with E-state index < -0.39 is 0 Å². The molecule has 0 radical (unpaired) electrons. The van der Waals surface area contributed by atoms with E-state index >= 15 is 0 Å². The number of allylic oxidation sites excluding steroid dienone is 6. The van der Waals surface area contributed by atoms with Crippen LogP contribution in [0.25, 0.3) is 0 Å². The van der Waals surface area contributed by atoms with Crippen LogP contribution in [0.1, 0.15) is 20.8 Å². The van der Waals surface area contributed by atoms with Crippen LogP contribution in [0.4, 0.5) is 0 Å². The summed E-state index contributed by atoms with van der Waals surface area (Å²) >= 11 is 0. The van der Waals surface area contributed by atoms with E-state index in [0.717, 1.165) is 5.57 Å². The first-order chi connectivity index (χ1) is 5.35. The Hall–Kier alpha value is -1.04. The second kappa shape index (κ2) is 11.7. The smallest absolute Gasteiger partial charge is 0.0266 e. The summed E-state index contributed by atoms with van der Waals surface area (Å²) in [6, 6.07) is 0. The first-order valence-corrected chi connectivity index (χ1v) is 3.93. The average Bonchev–Trinajstić information content (AvgIpc) is 2.08. The molecule has 0 heteroatoms. The van der Waals surface area contributed by atoms with Crippen molar-refractivity contribution in [1.29, 1.82) is 0 Å². The molecule has 0 aliphatic rings. The molecule has 0 saturated carbocycles. The Morgan fingerprint density at radius 2 is 1.73 bits per heavy atom. The maximum Gasteiger partial charge on any atom is -0.0266 e. The lowest BCUT2D eigenvalue weighted by molar-refractivity contribution is 1.50. The molecule has 0 unspecified atom stereocenters. The predicted molar refractivity (Wildman–Crippen MR) is 54.6 cm³/mol. The molecular formula is C11H18. The van der Waals surface area contributed by atoms with Gasteiger partial charge in [0, 0.05) is 0 Å². The van der Waals surface area contributed by atoms with Gasteiger partial charge in [-0.25, -0.2) is 0 Å². The fourth-order valence-corrected chi connectivity index (χ4v) is 0.520. The van der Waals surface area contributed by atoms with Crippen molar-refractivity contribution >= 4 is 0 Å². The van der Waals surface area contributed by atoms with Crippen LogP contribution < -0.4 is 0 Å². The standard InChI is InChI=1S/C9H12.C2H6/c1-4-7-9(6-3)8-5-2;1-2/h4-8H,1,3H2,2H3;1-2H3/b8-5+,9-7+;. The average molecular weight is 150 g/mol. The molecule has 0 nitrogen and oxygen atoms in total. The third kappa shape index (κ3) is 8.96. The molecule has 0 aromatic rings. The van der Waals surface area contributed by atoms with Crippen LogP contribution in [0.2, 0.25) is 0 Å². The monoisotopic (exact) mass is 150 g/mol. The maximum absolute atomic E-state index is 3.63. The zero-order valence-electron chi connectivity index (χ0n) is 7.80. The van der Waals surface area contributed by atoms with E-state index in [1.54, 1.807) is 12.2 Å². The molecule has 0 aromatic carbocycles. The lowest BCUT2D eigenvalue weighted by Crippen LogP contribution is -1.65. The van der Waals surface area contributed by atoms with Gasteiger partial charge in [0.05, 0.1) is 0 Å². The fourth-order valence-electron chi connectivity index (χ4n) is 0.520. The molecule has 0 rings (SSSR count). The minimum Gasteiger partial charge on any atom is -0.0990 e. The summed E-state index contributed by atoms with van der Waals surface area (Å²) < 4.78 is 0. The largest absolute Gasteiger partial charge is 0.0990 e. The molecule has 0 aliphatic heterocycles. The molecule has 0 saturated heterocycles. The van der Waals surface area contributed by atoms with Crippen LogP contribution in [0.15, 0.2) is 49.1 Å². The highest BCUT2D eigenvalue weighted by atomic mass is 13.8. The van der Waals surface area contributed by atoms with Gasteiger partial charge in [0.15, 0.2) is 0 Å². The van der Waals surface area contributed by atoms with Crippen LogP contribution in [-0.4, -0.2) is 0 Å². The third-order valence-electron chi connectivity index (χ3n) is 0.905. The molecule has 0 fully saturated rings. The first-order valence-electron chi connectivity index (χ1n) is 3.93. The Morgan fingerprint density at radius 3 is 2.00 bits per heavy atom. The van der Waals surface area contributed by atoms with Gasteiger partial charge < -0.3 is 0 Å². The molecule has 0 amide bonds. The molecule has 11 heavy (non-hydrogen) atoms. The van der Waals surface area contributed by atoms with Crippen LogP contribution in [0.3, 0.4) is 0 Å². The topological polar surface area (TPSA) is 0 Å². The molecular weight excluding hydrogens is 132 g/mol. The van der Waals surface area contributed by atoms with Crippen molar-refractivity contribution in [1.82, 2.24) is 0 Å². The van der Waals surface area contributed by atoms with Crippen molar-refractivity contribution in [3.8, 4) is 0 Å². The summed E-state index contributed by atoms with van der Waals surface area (Å²) in [5.41, 5.74) is 1.09. The van der Waals surface area contributed by atoms with Crippen LogP contribution >= 0.6 is 0 Å². The predicted octanol–water partition coefficient (Wildman–Crippen LogP) is 3.89. The second-order valence-corrected chi connectivity index (χ2v) is 1.61. The molecule has 0 atom stereocenters. The van der Waals surface area contributed by atoms with Gasteiger partial charge in [-0.1, -0.05) is 57.4 Å². The molecule has 0 aromatic heterocycles. The highest BCUT2D eigenvalue weighted by Crippen LogP contribution is 1.96. The molecule has 0 bridgehead atoms. The van der Waals surface area contributed by atoms with Crippen molar-refractivity contribution < 1.29 is 0 Å². The zero-order chi connectivity index (χ0) is 9.11. The minimum atomic E-state index is 1.09. The quantitative estimate of drug-likeness (QED) is 0.535. The van der Waals surface area contributed by atoms with Gasteiger partial charge in [0.25, 0.3) is 0 Å². The van der Waals surface area contributed by atoms with Gasteiger partial charge >= 0.3 is 0 Å². The zero-order valence-corrected chi connectivity index (χ0v) is 7.80. The van der Waals surface area contributed by atoms with Gasteiger partial charge in [-0.05, 0) is 12.5 Å². The van der Waals surface area contributed by atoms with E-state index in [-0.39, 0.29) is 0 Å². The second-order valence-electron chi connectivity index (χ2n) is 1.61. The lowest BCUT2D eigenvalue weighted by atomic mass is 10.2. The highest BCUT2D eigenvalue weighted by molar-refractivity contribution is 5.31. The van der Waals surface area contributed by atoms with Crippen LogP contribution in [-0.2, 0) is 0 Å². The van der Waals surface area contributed by atoms with E-state index in [9.17, 15) is 0 Å². The van der Waals surface area contributed by atoms with Gasteiger partial charge in [0.2, 0.25) is 0 Å². The summed E-state index contributed by atoms with van der Waals surface area (Å²) in [4.78, 5) is 0. The molecule has 0 N–H and O–H groups in total. The van der Waals surface area contributed by atoms with Crippen molar-refractivity contribution in [2.45, 2.75) is 20.8 Å². The Labute approximate surface area is 70.6 Å². The Kier molecular flexibility index (Phi) is 13.4. The summed E-state index contributed by atoms with van der Waals surface area (Å²) in [5, 5.41) is 0. The lowest BCUT2D eigenvalue weighted by Gasteiger charge is -1.85. The normalized spacial score (nSPS) is 10.3. The Bertz CT molecular complexity index is 147. The molecule has 62 valence electrons. The summed E-state index contributed by atoms with van der Waals surface area (Å²) in [6.07, 6.45) is 9.40. The third-order valence-corrected chi connectivity index (χ3v) is 0.905. The number of rotatable bonds is 3. The number of hydrogen-bond acceptors (Lipinski definition) is 0. The van der Waals surface area contributed by atoms with Gasteiger partial charge in [-0.15, -0.1) is 0 Å². The first kappa shape index (κ1) is 12.6. The molecule has 0 aliphatic carbocycles. The highest BCUT2D eigenvalue weighted by Gasteiger charge is 1.76. The van der Waals surface area contributed by atoms with Gasteiger partial charge in [-0.2, -0.15) is 0 Å². The fraction of sp³-hybridized carbons (Fsp3) is 0.273. The van der Waals surface area contributed by atoms with E-state index in [2.05, 4.69) is 13.2 Å². The van der Waals surface area contributed by atoms with Crippen molar-refractivity contribution in [3.05, 3.63) is 49.1 Å². The summed E-state index contributed by atoms with van der Waals surface area (Å²) in [6.45, 7) is 13.2. The molecule has 0 heterocycles. The minimum absolute atomic E-state index is 1.09. The van der Waals surface area contributed by atoms with Crippen molar-refractivity contribution in [3.63, 3.8) is 0 Å². The summed E-state index contributed by atoms with van der Waals surface area (Å²) in [5.74, 6) is 0. The SMILES string of the molecule is C=C/C=C(C=C)/C=C/C.CC. The van der Waals surface area contributed by atoms with E-state index in [4.69, 9.17) is 0 Å². The molecule has 0 spiro atoms. The Balaban J connectivity index is 0. The Morgan fingerprint density at radius 1 is 1.18 bits per heavy atom. The van der Waals surface area contributed by atoms with Crippen LogP contribution in [0.5, 0.6) is 0 Å². The summed E-state index contributed by atoms with van der Waals surface area (Å²) in [7, 11) is 0. The number of hydrogen-bond donors (Lipinski definition) is 0. The van der Waals surface area contributed by atoms with E-state index in [1.807, 2.05) is 39.0 Å². The van der Waals surface area contributed by atoms with Crippen molar-refractivity contribution in [2.24, 2.45) is 0 Å².